The first-order valence-electron chi connectivity index (χ1n) is 8.08. The van der Waals surface area contributed by atoms with Crippen LogP contribution in [0.1, 0.15) is 30.7 Å². The first kappa shape index (κ1) is 22.4. The van der Waals surface area contributed by atoms with Crippen LogP contribution in [0, 0.1) is 6.92 Å². The summed E-state index contributed by atoms with van der Waals surface area (Å²) < 4.78 is 4.01. The van der Waals surface area contributed by atoms with Gasteiger partial charge in [0.05, 0.1) is 0 Å². The van der Waals surface area contributed by atoms with E-state index in [4.69, 9.17) is 0 Å². The van der Waals surface area contributed by atoms with Gasteiger partial charge in [-0.25, -0.2) is 0 Å². The molecule has 3 rings (SSSR count). The van der Waals surface area contributed by atoms with Crippen molar-refractivity contribution in [1.29, 1.82) is 0 Å². The van der Waals surface area contributed by atoms with E-state index in [2.05, 4.69) is 52.8 Å². The predicted octanol–water partition coefficient (Wildman–Crippen LogP) is -1.98. The van der Waals surface area contributed by atoms with Crippen molar-refractivity contribution < 1.29 is 50.8 Å². The topological polar surface area (TPSA) is 29.1 Å². The van der Waals surface area contributed by atoms with Gasteiger partial charge in [0.15, 0.2) is 0 Å². The van der Waals surface area contributed by atoms with Gasteiger partial charge in [-0.15, -0.1) is 0 Å². The molecular formula is C19H22Cl2NOSiZr. The number of allylic oxidation sites excluding steroid dienone is 1. The quantitative estimate of drug-likeness (QED) is 0.516. The van der Waals surface area contributed by atoms with Gasteiger partial charge in [0.1, 0.15) is 0 Å². The maximum Gasteiger partial charge on any atom is -1.00 e. The Hall–Kier alpha value is -0.670. The molecule has 0 saturated heterocycles. The summed E-state index contributed by atoms with van der Waals surface area (Å²) in [5, 5.41) is 0. The van der Waals surface area contributed by atoms with Crippen molar-refractivity contribution in [2.24, 2.45) is 0 Å². The van der Waals surface area contributed by atoms with Gasteiger partial charge in [-0.1, -0.05) is 0 Å². The number of aryl methyl sites for hydroxylation is 1. The molecule has 0 heterocycles. The van der Waals surface area contributed by atoms with Crippen LogP contribution in [-0.4, -0.2) is 11.8 Å². The Morgan fingerprint density at radius 3 is 2.48 bits per heavy atom. The number of benzene rings is 2. The molecule has 2 nitrogen and oxygen atoms in total. The van der Waals surface area contributed by atoms with Crippen LogP contribution in [0.25, 0.3) is 6.08 Å². The van der Waals surface area contributed by atoms with Gasteiger partial charge in [0.2, 0.25) is 0 Å². The molecule has 0 radical (unpaired) electrons. The van der Waals surface area contributed by atoms with Gasteiger partial charge in [0.25, 0.3) is 0 Å². The summed E-state index contributed by atoms with van der Waals surface area (Å²) in [6.07, 6.45) is 4.57. The van der Waals surface area contributed by atoms with E-state index in [1.54, 1.807) is 0 Å². The number of fused-ring (bicyclic) bond motifs is 1. The van der Waals surface area contributed by atoms with Crippen molar-refractivity contribution in [1.82, 2.24) is 3.26 Å². The van der Waals surface area contributed by atoms with Gasteiger partial charge >= 0.3 is 148 Å². The van der Waals surface area contributed by atoms with Crippen molar-refractivity contribution >= 4 is 17.9 Å². The molecule has 1 atom stereocenters. The summed E-state index contributed by atoms with van der Waals surface area (Å²) in [6.45, 7) is 6.81. The van der Waals surface area contributed by atoms with Crippen molar-refractivity contribution in [3.05, 3.63) is 76.9 Å². The minimum absolute atomic E-state index is 0. The summed E-state index contributed by atoms with van der Waals surface area (Å²) in [5.74, 6) is -0.749. The van der Waals surface area contributed by atoms with Gasteiger partial charge in [0, 0.05) is 0 Å². The molecule has 25 heavy (non-hydrogen) atoms. The standard InChI is InChI=1S/C9H7.C8H9NO.C2H7Si.2ClH.Zr/c1-2-5-9-7-3-6-8(9)4-1;1-6-3-2-4-7(5-6)8(9)10;1-3-2;;;/h1-7H;2-5H,1H3,(H2,9,10);3H,1-2H3;2*1H;/q;;;;;+3/p-3. The molecule has 2 aromatic carbocycles. The molecule has 0 bridgehead atoms. The Kier molecular flexibility index (Phi) is 8.83. The van der Waals surface area contributed by atoms with E-state index in [9.17, 15) is 4.79 Å². The van der Waals surface area contributed by atoms with Gasteiger partial charge in [-0.2, -0.15) is 0 Å². The third-order valence-corrected chi connectivity index (χ3v) is 21.8. The zero-order valence-electron chi connectivity index (χ0n) is 14.6. The van der Waals surface area contributed by atoms with Crippen molar-refractivity contribution in [3.8, 4) is 0 Å². The number of hydrogen-bond acceptors (Lipinski definition) is 1. The Labute approximate surface area is 171 Å². The van der Waals surface area contributed by atoms with Crippen LogP contribution in [-0.2, 0) is 21.2 Å². The zero-order chi connectivity index (χ0) is 16.4. The number of amides is 1. The van der Waals surface area contributed by atoms with Crippen molar-refractivity contribution in [2.45, 2.75) is 23.6 Å². The second-order valence-electron chi connectivity index (χ2n) is 6.40. The average molecular weight is 471 g/mol. The van der Waals surface area contributed by atoms with E-state index < -0.39 is 27.1 Å². The second kappa shape index (κ2) is 9.87. The molecule has 0 aromatic heterocycles. The van der Waals surface area contributed by atoms with Gasteiger partial charge in [-0.05, 0) is 0 Å². The van der Waals surface area contributed by atoms with E-state index in [1.165, 1.54) is 11.1 Å². The second-order valence-corrected chi connectivity index (χ2v) is 25.3. The fraction of sp³-hybridized carbons (Fsp3) is 0.211. The predicted molar refractivity (Wildman–Crippen MR) is 95.7 cm³/mol. The maximum atomic E-state index is 12.7. The first-order chi connectivity index (χ1) is 11.1. The number of rotatable bonds is 4. The molecule has 0 fully saturated rings. The van der Waals surface area contributed by atoms with E-state index in [0.29, 0.717) is 3.63 Å². The molecule has 6 heteroatoms. The van der Waals surface area contributed by atoms with Crippen molar-refractivity contribution in [3.63, 3.8) is 0 Å². The molecule has 131 valence electrons. The summed E-state index contributed by atoms with van der Waals surface area (Å²) in [4.78, 5) is 12.7. The number of carbonyl (C=O) groups is 1. The van der Waals surface area contributed by atoms with Crippen LogP contribution >= 0.6 is 0 Å². The minimum Gasteiger partial charge on any atom is -1.00 e. The number of hydrogen-bond donors (Lipinski definition) is 1. The Bertz CT molecular complexity index is 767. The largest absolute Gasteiger partial charge is 1.00 e. The van der Waals surface area contributed by atoms with Crippen LogP contribution in [0.15, 0.2) is 54.6 Å². The Balaban J connectivity index is 0.00000156. The molecule has 1 N–H and O–H groups in total. The minimum atomic E-state index is -2.06. The number of halogens is 2. The van der Waals surface area contributed by atoms with Gasteiger partial charge in [-0.3, -0.25) is 0 Å². The summed E-state index contributed by atoms with van der Waals surface area (Å²) >= 11 is -2.06. The number of nitrogens with one attached hydrogen (secondary N) is 1. The SMILES string of the molecule is Cc1cccc(C(=O)[NH][Zr+2]([CH]2C=Cc3ccccc32)[SiH](C)C)c1.[Cl-].[Cl-]. The Morgan fingerprint density at radius 1 is 1.08 bits per heavy atom. The smallest absolute Gasteiger partial charge is 1.00 e. The molecule has 2 aromatic rings. The monoisotopic (exact) mass is 468 g/mol. The van der Waals surface area contributed by atoms with Crippen LogP contribution in [0.4, 0.5) is 0 Å². The van der Waals surface area contributed by atoms with Crippen LogP contribution in [0.5, 0.6) is 0 Å². The summed E-state index contributed by atoms with van der Waals surface area (Å²) in [7, 11) is 0. The molecule has 0 aliphatic heterocycles. The third kappa shape index (κ3) is 5.17. The molecule has 0 saturated carbocycles. The molecule has 1 aliphatic rings. The first-order valence-corrected chi connectivity index (χ1v) is 17.9. The summed E-state index contributed by atoms with van der Waals surface area (Å²) in [6, 6.07) is 16.5. The fourth-order valence-corrected chi connectivity index (χ4v) is 17.6. The zero-order valence-corrected chi connectivity index (χ0v) is 19.7. The van der Waals surface area contributed by atoms with Crippen molar-refractivity contribution in [2.75, 3.05) is 0 Å². The van der Waals surface area contributed by atoms with Crippen LogP contribution in [0.2, 0.25) is 13.1 Å². The molecule has 0 spiro atoms. The fourth-order valence-electron chi connectivity index (χ4n) is 3.09. The number of carbonyl (C=O) groups excluding carboxylic acids is 1. The molecular weight excluding hydrogens is 448 g/mol. The van der Waals surface area contributed by atoms with E-state index in [0.717, 1.165) is 11.1 Å². The summed E-state index contributed by atoms with van der Waals surface area (Å²) in [5.41, 5.74) is 4.69. The normalized spacial score (nSPS) is 14.3. The van der Waals surface area contributed by atoms with E-state index in [1.807, 2.05) is 31.2 Å². The molecule has 1 unspecified atom stereocenters. The Morgan fingerprint density at radius 2 is 1.80 bits per heavy atom. The van der Waals surface area contributed by atoms with E-state index >= 15 is 0 Å². The van der Waals surface area contributed by atoms with Crippen LogP contribution < -0.4 is 28.1 Å². The molecule has 1 amide bonds. The van der Waals surface area contributed by atoms with E-state index in [-0.39, 0.29) is 30.7 Å². The maximum absolute atomic E-state index is 12.7. The molecule has 1 aliphatic carbocycles. The third-order valence-electron chi connectivity index (χ3n) is 4.29. The van der Waals surface area contributed by atoms with Crippen LogP contribution in [0.3, 0.4) is 0 Å². The average Bonchev–Trinajstić information content (AvgIpc) is 2.96. The van der Waals surface area contributed by atoms with Gasteiger partial charge < -0.3 is 24.8 Å².